The van der Waals surface area contributed by atoms with Crippen LogP contribution in [0.1, 0.15) is 40.2 Å². The molecular weight excluding hydrogens is 422 g/mol. The van der Waals surface area contributed by atoms with E-state index in [4.69, 9.17) is 4.74 Å². The second-order valence-electron chi connectivity index (χ2n) is 8.10. The van der Waals surface area contributed by atoms with E-state index in [1.54, 1.807) is 29.2 Å². The maximum atomic E-state index is 14.2. The fourth-order valence-electron chi connectivity index (χ4n) is 4.15. The Morgan fingerprint density at radius 3 is 1.79 bits per heavy atom. The van der Waals surface area contributed by atoms with Crippen molar-refractivity contribution in [1.82, 2.24) is 0 Å². The van der Waals surface area contributed by atoms with Gasteiger partial charge in [0.1, 0.15) is 5.76 Å². The summed E-state index contributed by atoms with van der Waals surface area (Å²) in [6, 6.07) is 36.0. The molecule has 4 nitrogen and oxygen atoms in total. The molecule has 0 saturated carbocycles. The zero-order valence-electron chi connectivity index (χ0n) is 18.7. The highest BCUT2D eigenvalue weighted by Gasteiger charge is 2.38. The SMILES string of the molecule is CC(=O)c1ccc(N2C(=O)C(c3ccccc3)=C(c3ccccc3)OC2c2ccccc2)cc1. The Morgan fingerprint density at radius 2 is 1.24 bits per heavy atom. The summed E-state index contributed by atoms with van der Waals surface area (Å²) in [5, 5.41) is 0. The van der Waals surface area contributed by atoms with E-state index in [9.17, 15) is 9.59 Å². The molecule has 0 aliphatic carbocycles. The van der Waals surface area contributed by atoms with Crippen molar-refractivity contribution in [2.75, 3.05) is 4.90 Å². The van der Waals surface area contributed by atoms with E-state index in [1.165, 1.54) is 6.92 Å². The highest BCUT2D eigenvalue weighted by Crippen LogP contribution is 2.43. The average Bonchev–Trinajstić information content (AvgIpc) is 2.89. The number of ether oxygens (including phenoxy) is 1. The fourth-order valence-corrected chi connectivity index (χ4v) is 4.15. The number of Topliss-reactive ketones (excluding diaryl/α,β-unsaturated/α-hetero) is 1. The summed E-state index contributed by atoms with van der Waals surface area (Å²) in [5.74, 6) is 0.353. The van der Waals surface area contributed by atoms with Gasteiger partial charge in [-0.3, -0.25) is 14.5 Å². The molecule has 0 N–H and O–H groups in total. The van der Waals surface area contributed by atoms with Gasteiger partial charge >= 0.3 is 0 Å². The highest BCUT2D eigenvalue weighted by molar-refractivity contribution is 6.32. The molecule has 4 heteroatoms. The van der Waals surface area contributed by atoms with E-state index in [2.05, 4.69) is 0 Å². The zero-order chi connectivity index (χ0) is 23.5. The van der Waals surface area contributed by atoms with E-state index in [-0.39, 0.29) is 11.7 Å². The molecule has 4 aromatic carbocycles. The van der Waals surface area contributed by atoms with E-state index in [0.717, 1.165) is 16.7 Å². The predicted octanol–water partition coefficient (Wildman–Crippen LogP) is 6.52. The Bertz CT molecular complexity index is 1340. The van der Waals surface area contributed by atoms with Gasteiger partial charge in [-0.25, -0.2) is 0 Å². The number of carbonyl (C=O) groups excluding carboxylic acids is 2. The van der Waals surface area contributed by atoms with Crippen LogP contribution in [0, 0.1) is 0 Å². The largest absolute Gasteiger partial charge is 0.464 e. The molecule has 0 radical (unpaired) electrons. The summed E-state index contributed by atoms with van der Waals surface area (Å²) in [5.41, 5.74) is 4.21. The predicted molar refractivity (Wildman–Crippen MR) is 134 cm³/mol. The molecule has 1 heterocycles. The second kappa shape index (κ2) is 9.20. The lowest BCUT2D eigenvalue weighted by atomic mass is 9.96. The second-order valence-corrected chi connectivity index (χ2v) is 8.10. The van der Waals surface area contributed by atoms with Crippen molar-refractivity contribution in [1.29, 1.82) is 0 Å². The van der Waals surface area contributed by atoms with E-state index < -0.39 is 6.23 Å². The van der Waals surface area contributed by atoms with Gasteiger partial charge in [0.05, 0.1) is 5.57 Å². The molecule has 1 amide bonds. The van der Waals surface area contributed by atoms with Crippen molar-refractivity contribution in [3.8, 4) is 0 Å². The minimum Gasteiger partial charge on any atom is -0.464 e. The normalized spacial score (nSPS) is 15.7. The Labute approximate surface area is 198 Å². The highest BCUT2D eigenvalue weighted by atomic mass is 16.5. The van der Waals surface area contributed by atoms with Gasteiger partial charge in [-0.1, -0.05) is 91.0 Å². The molecule has 1 aliphatic rings. The first kappa shape index (κ1) is 21.4. The van der Waals surface area contributed by atoms with Crippen LogP contribution in [0.2, 0.25) is 0 Å². The third-order valence-electron chi connectivity index (χ3n) is 5.86. The Hall–Kier alpha value is -4.44. The molecule has 4 aromatic rings. The van der Waals surface area contributed by atoms with Crippen LogP contribution in [0.15, 0.2) is 115 Å². The standard InChI is InChI=1S/C30H23NO3/c1-21(32)22-17-19-26(20-18-22)31-29(33)27(23-11-5-2-6-12-23)28(24-13-7-3-8-14-24)34-30(31)25-15-9-4-10-16-25/h2-20,30H,1H3. The number of benzene rings is 4. The van der Waals surface area contributed by atoms with Crippen LogP contribution in [-0.2, 0) is 9.53 Å². The Balaban J connectivity index is 1.72. The monoisotopic (exact) mass is 445 g/mol. The van der Waals surface area contributed by atoms with E-state index >= 15 is 0 Å². The van der Waals surface area contributed by atoms with Crippen molar-refractivity contribution in [3.63, 3.8) is 0 Å². The van der Waals surface area contributed by atoms with Crippen molar-refractivity contribution in [2.24, 2.45) is 0 Å². The maximum absolute atomic E-state index is 14.2. The number of hydrogen-bond donors (Lipinski definition) is 0. The van der Waals surface area contributed by atoms with Crippen LogP contribution in [-0.4, -0.2) is 11.7 Å². The van der Waals surface area contributed by atoms with Crippen molar-refractivity contribution in [3.05, 3.63) is 138 Å². The lowest BCUT2D eigenvalue weighted by molar-refractivity contribution is -0.116. The molecular formula is C30H23NO3. The number of nitrogens with zero attached hydrogens (tertiary/aromatic N) is 1. The molecule has 1 atom stereocenters. The molecule has 0 bridgehead atoms. The van der Waals surface area contributed by atoms with Gasteiger partial charge < -0.3 is 4.74 Å². The smallest absolute Gasteiger partial charge is 0.265 e. The lowest BCUT2D eigenvalue weighted by Crippen LogP contribution is -2.40. The summed E-state index contributed by atoms with van der Waals surface area (Å²) in [6.45, 7) is 1.53. The number of ketones is 1. The lowest BCUT2D eigenvalue weighted by Gasteiger charge is -2.38. The van der Waals surface area contributed by atoms with Gasteiger partial charge in [0.2, 0.25) is 6.23 Å². The summed E-state index contributed by atoms with van der Waals surface area (Å²) in [4.78, 5) is 27.7. The Morgan fingerprint density at radius 1 is 0.706 bits per heavy atom. The molecule has 5 rings (SSSR count). The quantitative estimate of drug-likeness (QED) is 0.329. The molecule has 1 aliphatic heterocycles. The van der Waals surface area contributed by atoms with Gasteiger partial charge in [-0.05, 0) is 36.8 Å². The summed E-state index contributed by atoms with van der Waals surface area (Å²) >= 11 is 0. The number of anilines is 1. The van der Waals surface area contributed by atoms with Crippen LogP contribution in [0.25, 0.3) is 11.3 Å². The molecule has 0 spiro atoms. The zero-order valence-corrected chi connectivity index (χ0v) is 18.7. The third-order valence-corrected chi connectivity index (χ3v) is 5.86. The maximum Gasteiger partial charge on any atom is 0.265 e. The molecule has 0 saturated heterocycles. The minimum absolute atomic E-state index is 0.0244. The minimum atomic E-state index is -0.667. The first-order valence-electron chi connectivity index (χ1n) is 11.1. The molecule has 0 aromatic heterocycles. The van der Waals surface area contributed by atoms with E-state index in [1.807, 2.05) is 91.0 Å². The summed E-state index contributed by atoms with van der Waals surface area (Å²) < 4.78 is 6.66. The molecule has 0 fully saturated rings. The first-order chi connectivity index (χ1) is 16.6. The van der Waals surface area contributed by atoms with Crippen molar-refractivity contribution in [2.45, 2.75) is 13.2 Å². The molecule has 1 unspecified atom stereocenters. The number of amides is 1. The first-order valence-corrected chi connectivity index (χ1v) is 11.1. The average molecular weight is 446 g/mol. The van der Waals surface area contributed by atoms with Crippen LogP contribution in [0.4, 0.5) is 5.69 Å². The molecule has 166 valence electrons. The van der Waals surface area contributed by atoms with Crippen molar-refractivity contribution >= 4 is 28.7 Å². The Kier molecular flexibility index (Phi) is 5.79. The van der Waals surface area contributed by atoms with E-state index in [0.29, 0.717) is 22.6 Å². The van der Waals surface area contributed by atoms with Crippen LogP contribution < -0.4 is 4.90 Å². The van der Waals surface area contributed by atoms with Crippen molar-refractivity contribution < 1.29 is 14.3 Å². The summed E-state index contributed by atoms with van der Waals surface area (Å²) in [6.07, 6.45) is -0.667. The van der Waals surface area contributed by atoms with Gasteiger partial charge in [-0.15, -0.1) is 0 Å². The van der Waals surface area contributed by atoms with Gasteiger partial charge in [0.15, 0.2) is 5.78 Å². The number of carbonyl (C=O) groups is 2. The topological polar surface area (TPSA) is 46.6 Å². The van der Waals surface area contributed by atoms with Gasteiger partial charge in [-0.2, -0.15) is 0 Å². The van der Waals surface area contributed by atoms with Crippen LogP contribution in [0.5, 0.6) is 0 Å². The van der Waals surface area contributed by atoms with Crippen LogP contribution >= 0.6 is 0 Å². The summed E-state index contributed by atoms with van der Waals surface area (Å²) in [7, 11) is 0. The third kappa shape index (κ3) is 4.02. The fraction of sp³-hybridized carbons (Fsp3) is 0.0667. The van der Waals surface area contributed by atoms with Crippen LogP contribution in [0.3, 0.4) is 0 Å². The number of hydrogen-bond acceptors (Lipinski definition) is 3. The number of rotatable bonds is 5. The molecule has 34 heavy (non-hydrogen) atoms. The van der Waals surface area contributed by atoms with Gasteiger partial charge in [0, 0.05) is 22.4 Å². The van der Waals surface area contributed by atoms with Gasteiger partial charge in [0.25, 0.3) is 5.91 Å².